The molecule has 0 atom stereocenters. The minimum Gasteiger partial charge on any atom is -0.360 e. The number of amides is 1. The lowest BCUT2D eigenvalue weighted by Crippen LogP contribution is -2.40. The fourth-order valence-electron chi connectivity index (χ4n) is 2.83. The van der Waals surface area contributed by atoms with Gasteiger partial charge in [-0.25, -0.2) is 9.36 Å². The van der Waals surface area contributed by atoms with E-state index in [1.165, 1.54) is 22.0 Å². The smallest absolute Gasteiger partial charge is 0.336 e. The summed E-state index contributed by atoms with van der Waals surface area (Å²) in [5, 5.41) is 8.36. The van der Waals surface area contributed by atoms with Gasteiger partial charge < -0.3 is 9.84 Å². The summed E-state index contributed by atoms with van der Waals surface area (Å²) in [6.07, 6.45) is 0. The Bertz CT molecular complexity index is 1320. The van der Waals surface area contributed by atoms with E-state index in [1.54, 1.807) is 42.6 Å². The van der Waals surface area contributed by atoms with Gasteiger partial charge in [0.2, 0.25) is 5.91 Å². The first-order valence-electron chi connectivity index (χ1n) is 8.16. The fraction of sp³-hybridized carbons (Fsp3) is 0.111. The van der Waals surface area contributed by atoms with Gasteiger partial charge in [-0.2, -0.15) is 0 Å². The van der Waals surface area contributed by atoms with Gasteiger partial charge in [-0.15, -0.1) is 11.3 Å². The molecular weight excluding hydrogens is 404 g/mol. The topological polar surface area (TPSA) is 99.1 Å². The van der Waals surface area contributed by atoms with Gasteiger partial charge in [0.25, 0.3) is 5.56 Å². The third-order valence-corrected chi connectivity index (χ3v) is 5.15. The van der Waals surface area contributed by atoms with E-state index in [1.807, 2.05) is 0 Å². The van der Waals surface area contributed by atoms with Crippen molar-refractivity contribution in [2.75, 3.05) is 5.32 Å². The molecule has 0 radical (unpaired) electrons. The normalized spacial score (nSPS) is 11.1. The van der Waals surface area contributed by atoms with Crippen LogP contribution in [0, 0.1) is 6.92 Å². The number of carbonyl (C=O) groups is 1. The number of fused-ring (bicyclic) bond motifs is 1. The molecule has 0 aliphatic heterocycles. The van der Waals surface area contributed by atoms with E-state index in [-0.39, 0.29) is 12.4 Å². The average molecular weight is 417 g/mol. The number of thiophene rings is 1. The lowest BCUT2D eigenvalue weighted by atomic mass is 10.3. The van der Waals surface area contributed by atoms with Crippen molar-refractivity contribution >= 4 is 44.9 Å². The van der Waals surface area contributed by atoms with Gasteiger partial charge in [-0.3, -0.25) is 14.2 Å². The van der Waals surface area contributed by atoms with Crippen molar-refractivity contribution in [3.05, 3.63) is 73.4 Å². The number of hydrogen-bond acceptors (Lipinski definition) is 6. The van der Waals surface area contributed by atoms with E-state index < -0.39 is 17.2 Å². The van der Waals surface area contributed by atoms with E-state index in [2.05, 4.69) is 10.5 Å². The third-order valence-electron chi connectivity index (χ3n) is 4.02. The second-order valence-electron chi connectivity index (χ2n) is 6.00. The van der Waals surface area contributed by atoms with E-state index >= 15 is 0 Å². The quantitative estimate of drug-likeness (QED) is 0.551. The molecule has 0 unspecified atom stereocenters. The molecule has 0 spiro atoms. The summed E-state index contributed by atoms with van der Waals surface area (Å²) in [6.45, 7) is 1.40. The zero-order valence-corrected chi connectivity index (χ0v) is 16.1. The zero-order chi connectivity index (χ0) is 19.8. The zero-order valence-electron chi connectivity index (χ0n) is 14.5. The SMILES string of the molecule is Cc1cc(NC(=O)Cn2c(=O)n(-c3cccc(Cl)c3)c(=O)c3sccc32)no1. The summed E-state index contributed by atoms with van der Waals surface area (Å²) in [5.41, 5.74) is -0.366. The molecule has 0 bridgehead atoms. The molecule has 142 valence electrons. The molecule has 0 saturated carbocycles. The monoisotopic (exact) mass is 416 g/mol. The standard InChI is InChI=1S/C18H13ClN4O4S/c1-10-7-14(21-27-10)20-15(24)9-22-13-5-6-28-16(13)17(25)23(18(22)26)12-4-2-3-11(19)8-12/h2-8H,9H2,1H3,(H,20,21,24). The molecule has 10 heteroatoms. The van der Waals surface area contributed by atoms with Crippen LogP contribution < -0.4 is 16.6 Å². The highest BCUT2D eigenvalue weighted by Crippen LogP contribution is 2.18. The van der Waals surface area contributed by atoms with Crippen molar-refractivity contribution < 1.29 is 9.32 Å². The number of rotatable bonds is 4. The van der Waals surface area contributed by atoms with Crippen LogP contribution >= 0.6 is 22.9 Å². The van der Waals surface area contributed by atoms with Crippen LogP contribution in [0.3, 0.4) is 0 Å². The summed E-state index contributed by atoms with van der Waals surface area (Å²) in [4.78, 5) is 38.4. The number of nitrogens with zero attached hydrogens (tertiary/aromatic N) is 3. The van der Waals surface area contributed by atoms with Crippen molar-refractivity contribution in [2.45, 2.75) is 13.5 Å². The van der Waals surface area contributed by atoms with Gasteiger partial charge in [-0.1, -0.05) is 22.8 Å². The first-order chi connectivity index (χ1) is 13.4. The van der Waals surface area contributed by atoms with Crippen molar-refractivity contribution in [1.82, 2.24) is 14.3 Å². The molecule has 1 amide bonds. The van der Waals surface area contributed by atoms with Gasteiger partial charge in [0.15, 0.2) is 5.82 Å². The highest BCUT2D eigenvalue weighted by atomic mass is 35.5. The number of nitrogens with one attached hydrogen (secondary N) is 1. The predicted molar refractivity (Wildman–Crippen MR) is 107 cm³/mol. The summed E-state index contributed by atoms with van der Waals surface area (Å²) in [7, 11) is 0. The average Bonchev–Trinajstić information content (AvgIpc) is 3.28. The Hall–Kier alpha value is -3.17. The van der Waals surface area contributed by atoms with Crippen LogP contribution in [-0.2, 0) is 11.3 Å². The molecule has 4 aromatic rings. The Kier molecular flexibility index (Phi) is 4.62. The van der Waals surface area contributed by atoms with E-state index in [0.29, 0.717) is 26.7 Å². The maximum atomic E-state index is 13.1. The van der Waals surface area contributed by atoms with Crippen molar-refractivity contribution in [3.63, 3.8) is 0 Å². The third kappa shape index (κ3) is 3.25. The van der Waals surface area contributed by atoms with Crippen molar-refractivity contribution in [2.24, 2.45) is 0 Å². The van der Waals surface area contributed by atoms with Crippen LogP contribution in [0.5, 0.6) is 0 Å². The number of anilines is 1. The molecule has 0 saturated heterocycles. The summed E-state index contributed by atoms with van der Waals surface area (Å²) < 4.78 is 7.54. The lowest BCUT2D eigenvalue weighted by Gasteiger charge is -2.12. The number of carbonyl (C=O) groups excluding carboxylic acids is 1. The first-order valence-corrected chi connectivity index (χ1v) is 9.42. The molecule has 1 N–H and O–H groups in total. The molecule has 4 rings (SSSR count). The Morgan fingerprint density at radius 3 is 2.82 bits per heavy atom. The largest absolute Gasteiger partial charge is 0.360 e. The highest BCUT2D eigenvalue weighted by molar-refractivity contribution is 7.17. The van der Waals surface area contributed by atoms with E-state index in [4.69, 9.17) is 16.1 Å². The first kappa shape index (κ1) is 18.2. The van der Waals surface area contributed by atoms with E-state index in [9.17, 15) is 14.4 Å². The van der Waals surface area contributed by atoms with Crippen LogP contribution in [-0.4, -0.2) is 20.2 Å². The molecule has 28 heavy (non-hydrogen) atoms. The maximum Gasteiger partial charge on any atom is 0.336 e. The predicted octanol–water partition coefficient (Wildman–Crippen LogP) is 2.80. The number of halogens is 1. The van der Waals surface area contributed by atoms with Gasteiger partial charge >= 0.3 is 5.69 Å². The van der Waals surface area contributed by atoms with Crippen LogP contribution in [0.1, 0.15) is 5.76 Å². The number of benzene rings is 1. The van der Waals surface area contributed by atoms with Crippen LogP contribution in [0.2, 0.25) is 5.02 Å². The minimum absolute atomic E-state index is 0.250. The summed E-state index contributed by atoms with van der Waals surface area (Å²) in [5.74, 6) is 0.321. The molecule has 0 aliphatic carbocycles. The van der Waals surface area contributed by atoms with Crippen LogP contribution in [0.15, 0.2) is 55.9 Å². The Labute approximate surface area is 166 Å². The number of aryl methyl sites for hydroxylation is 1. The number of aromatic nitrogens is 3. The molecule has 3 aromatic heterocycles. The Balaban J connectivity index is 1.82. The molecule has 8 nitrogen and oxygen atoms in total. The second kappa shape index (κ2) is 7.10. The van der Waals surface area contributed by atoms with Crippen LogP contribution in [0.4, 0.5) is 5.82 Å². The van der Waals surface area contributed by atoms with Crippen LogP contribution in [0.25, 0.3) is 15.9 Å². The van der Waals surface area contributed by atoms with Gasteiger partial charge in [0.05, 0.1) is 11.2 Å². The van der Waals surface area contributed by atoms with Gasteiger partial charge in [0.1, 0.15) is 17.0 Å². The van der Waals surface area contributed by atoms with Crippen molar-refractivity contribution in [1.29, 1.82) is 0 Å². The number of hydrogen-bond donors (Lipinski definition) is 1. The highest BCUT2D eigenvalue weighted by Gasteiger charge is 2.18. The minimum atomic E-state index is -0.635. The summed E-state index contributed by atoms with van der Waals surface area (Å²) >= 11 is 7.21. The molecule has 3 heterocycles. The Morgan fingerprint density at radius 2 is 2.11 bits per heavy atom. The molecular formula is C18H13ClN4O4S. The second-order valence-corrected chi connectivity index (χ2v) is 7.35. The maximum absolute atomic E-state index is 13.1. The van der Waals surface area contributed by atoms with Crippen molar-refractivity contribution in [3.8, 4) is 5.69 Å². The lowest BCUT2D eigenvalue weighted by molar-refractivity contribution is -0.116. The molecule has 0 fully saturated rings. The van der Waals surface area contributed by atoms with E-state index in [0.717, 1.165) is 4.57 Å². The Morgan fingerprint density at radius 1 is 1.29 bits per heavy atom. The molecule has 0 aliphatic rings. The van der Waals surface area contributed by atoms with Gasteiger partial charge in [-0.05, 0) is 36.6 Å². The fourth-order valence-corrected chi connectivity index (χ4v) is 3.84. The van der Waals surface area contributed by atoms with Gasteiger partial charge in [0, 0.05) is 11.1 Å². The summed E-state index contributed by atoms with van der Waals surface area (Å²) in [6, 6.07) is 9.62. The molecule has 1 aromatic carbocycles.